The molecule has 0 spiro atoms. The Morgan fingerprint density at radius 2 is 2.00 bits per heavy atom. The van der Waals surface area contributed by atoms with E-state index in [1.165, 1.54) is 5.56 Å². The van der Waals surface area contributed by atoms with Gasteiger partial charge in [0.05, 0.1) is 25.9 Å². The first-order valence-electron chi connectivity index (χ1n) is 6.62. The molecule has 4 heteroatoms. The van der Waals surface area contributed by atoms with Crippen LogP contribution in [0.2, 0.25) is 0 Å². The lowest BCUT2D eigenvalue weighted by Crippen LogP contribution is -2.23. The van der Waals surface area contributed by atoms with Crippen molar-refractivity contribution in [1.82, 2.24) is 0 Å². The van der Waals surface area contributed by atoms with E-state index in [1.54, 1.807) is 0 Å². The van der Waals surface area contributed by atoms with Crippen LogP contribution < -0.4 is 15.2 Å². The largest absolute Gasteiger partial charge is 0.493 e. The van der Waals surface area contributed by atoms with E-state index in [-0.39, 0.29) is 12.6 Å². The predicted molar refractivity (Wildman–Crippen MR) is 68.1 cm³/mol. The molecular weight excluding hydrogens is 230 g/mol. The Bertz CT molecular complexity index is 425. The Morgan fingerprint density at radius 3 is 2.83 bits per heavy atom. The van der Waals surface area contributed by atoms with Gasteiger partial charge in [-0.2, -0.15) is 0 Å². The maximum absolute atomic E-state index is 9.37. The topological polar surface area (TPSA) is 64.7 Å². The third kappa shape index (κ3) is 1.85. The standard InChI is InChI=1S/C14H19NO3/c15-11(8-16)13-10-4-2-5-17-12(10)7-9-3-1-6-18-14(9)13/h7,11,16H,1-6,8,15H2. The molecular formula is C14H19NO3. The van der Waals surface area contributed by atoms with Gasteiger partial charge in [-0.15, -0.1) is 0 Å². The summed E-state index contributed by atoms with van der Waals surface area (Å²) in [7, 11) is 0. The van der Waals surface area contributed by atoms with Gasteiger partial charge in [-0.25, -0.2) is 0 Å². The van der Waals surface area contributed by atoms with Crippen LogP contribution in [0.4, 0.5) is 0 Å². The molecule has 3 N–H and O–H groups in total. The number of aliphatic hydroxyl groups excluding tert-OH is 1. The first kappa shape index (κ1) is 11.8. The summed E-state index contributed by atoms with van der Waals surface area (Å²) in [5, 5.41) is 9.37. The minimum atomic E-state index is -0.381. The van der Waals surface area contributed by atoms with Crippen LogP contribution in [0.1, 0.15) is 35.6 Å². The number of fused-ring (bicyclic) bond motifs is 2. The van der Waals surface area contributed by atoms with Crippen LogP contribution in [0.15, 0.2) is 6.07 Å². The fraction of sp³-hybridized carbons (Fsp3) is 0.571. The molecule has 0 bridgehead atoms. The van der Waals surface area contributed by atoms with Crippen molar-refractivity contribution in [2.24, 2.45) is 5.73 Å². The van der Waals surface area contributed by atoms with Crippen molar-refractivity contribution in [2.45, 2.75) is 31.7 Å². The van der Waals surface area contributed by atoms with Gasteiger partial charge in [-0.1, -0.05) is 0 Å². The summed E-state index contributed by atoms with van der Waals surface area (Å²) in [5.74, 6) is 1.83. The summed E-state index contributed by atoms with van der Waals surface area (Å²) in [6.45, 7) is 1.44. The highest BCUT2D eigenvalue weighted by Gasteiger charge is 2.27. The van der Waals surface area contributed by atoms with E-state index in [2.05, 4.69) is 6.07 Å². The highest BCUT2D eigenvalue weighted by Crippen LogP contribution is 2.41. The number of benzene rings is 1. The molecule has 2 aliphatic heterocycles. The summed E-state index contributed by atoms with van der Waals surface area (Å²) in [6.07, 6.45) is 3.97. The Morgan fingerprint density at radius 1 is 1.22 bits per heavy atom. The summed E-state index contributed by atoms with van der Waals surface area (Å²) < 4.78 is 11.5. The van der Waals surface area contributed by atoms with Crippen LogP contribution in [0.25, 0.3) is 0 Å². The minimum Gasteiger partial charge on any atom is -0.493 e. The fourth-order valence-electron chi connectivity index (χ4n) is 2.85. The Kier molecular flexibility index (Phi) is 3.14. The van der Waals surface area contributed by atoms with Crippen molar-refractivity contribution in [3.63, 3.8) is 0 Å². The van der Waals surface area contributed by atoms with Crippen LogP contribution >= 0.6 is 0 Å². The van der Waals surface area contributed by atoms with Gasteiger partial charge in [0.15, 0.2) is 0 Å². The number of rotatable bonds is 2. The highest BCUT2D eigenvalue weighted by molar-refractivity contribution is 5.56. The lowest BCUT2D eigenvalue weighted by atomic mass is 9.90. The Balaban J connectivity index is 2.17. The van der Waals surface area contributed by atoms with Gasteiger partial charge in [0.25, 0.3) is 0 Å². The zero-order valence-corrected chi connectivity index (χ0v) is 10.4. The summed E-state index contributed by atoms with van der Waals surface area (Å²) >= 11 is 0. The average Bonchev–Trinajstić information content (AvgIpc) is 2.44. The minimum absolute atomic E-state index is 0.0632. The quantitative estimate of drug-likeness (QED) is 0.830. The van der Waals surface area contributed by atoms with Crippen molar-refractivity contribution < 1.29 is 14.6 Å². The zero-order valence-electron chi connectivity index (χ0n) is 10.4. The van der Waals surface area contributed by atoms with Gasteiger partial charge in [-0.05, 0) is 37.3 Å². The van der Waals surface area contributed by atoms with E-state index in [4.69, 9.17) is 15.2 Å². The molecule has 1 atom stereocenters. The second-order valence-electron chi connectivity index (χ2n) is 4.95. The highest BCUT2D eigenvalue weighted by atomic mass is 16.5. The van der Waals surface area contributed by atoms with E-state index in [0.29, 0.717) is 0 Å². The van der Waals surface area contributed by atoms with E-state index >= 15 is 0 Å². The van der Waals surface area contributed by atoms with E-state index in [0.717, 1.165) is 61.5 Å². The molecule has 98 valence electrons. The van der Waals surface area contributed by atoms with Crippen LogP contribution in [0.3, 0.4) is 0 Å². The first-order valence-corrected chi connectivity index (χ1v) is 6.62. The van der Waals surface area contributed by atoms with Gasteiger partial charge < -0.3 is 20.3 Å². The van der Waals surface area contributed by atoms with Gasteiger partial charge >= 0.3 is 0 Å². The number of aryl methyl sites for hydroxylation is 1. The smallest absolute Gasteiger partial charge is 0.127 e. The molecule has 4 nitrogen and oxygen atoms in total. The fourth-order valence-corrected chi connectivity index (χ4v) is 2.85. The molecule has 0 saturated heterocycles. The molecule has 1 aromatic carbocycles. The number of hydrogen-bond acceptors (Lipinski definition) is 4. The molecule has 18 heavy (non-hydrogen) atoms. The van der Waals surface area contributed by atoms with Gasteiger partial charge in [0, 0.05) is 11.1 Å². The molecule has 0 amide bonds. The number of ether oxygens (including phenoxy) is 2. The Labute approximate surface area is 107 Å². The van der Waals surface area contributed by atoms with Crippen molar-refractivity contribution in [2.75, 3.05) is 19.8 Å². The summed E-state index contributed by atoms with van der Waals surface area (Å²) in [6, 6.07) is 1.71. The van der Waals surface area contributed by atoms with Crippen molar-refractivity contribution >= 4 is 0 Å². The molecule has 3 rings (SSSR count). The monoisotopic (exact) mass is 249 g/mol. The maximum Gasteiger partial charge on any atom is 0.127 e. The Hall–Kier alpha value is -1.26. The van der Waals surface area contributed by atoms with Crippen LogP contribution in [-0.4, -0.2) is 24.9 Å². The maximum atomic E-state index is 9.37. The van der Waals surface area contributed by atoms with Crippen molar-refractivity contribution in [3.8, 4) is 11.5 Å². The zero-order chi connectivity index (χ0) is 12.5. The van der Waals surface area contributed by atoms with E-state index in [9.17, 15) is 5.11 Å². The van der Waals surface area contributed by atoms with Crippen molar-refractivity contribution in [3.05, 3.63) is 22.8 Å². The van der Waals surface area contributed by atoms with Crippen LogP contribution in [0, 0.1) is 0 Å². The molecule has 0 aliphatic carbocycles. The van der Waals surface area contributed by atoms with E-state index in [1.807, 2.05) is 0 Å². The molecule has 1 unspecified atom stereocenters. The molecule has 0 saturated carbocycles. The van der Waals surface area contributed by atoms with E-state index < -0.39 is 0 Å². The molecule has 1 aromatic rings. The number of hydrogen-bond donors (Lipinski definition) is 2. The summed E-state index contributed by atoms with van der Waals surface area (Å²) in [4.78, 5) is 0. The first-order chi connectivity index (χ1) is 8.81. The molecule has 0 aromatic heterocycles. The average molecular weight is 249 g/mol. The normalized spacial score (nSPS) is 19.2. The van der Waals surface area contributed by atoms with Crippen LogP contribution in [0.5, 0.6) is 11.5 Å². The molecule has 0 radical (unpaired) electrons. The molecule has 2 aliphatic rings. The number of aliphatic hydroxyl groups is 1. The third-order valence-corrected chi connectivity index (χ3v) is 3.70. The molecule has 0 fully saturated rings. The molecule has 2 heterocycles. The van der Waals surface area contributed by atoms with Gasteiger partial charge in [0.1, 0.15) is 11.5 Å². The van der Waals surface area contributed by atoms with Crippen molar-refractivity contribution in [1.29, 1.82) is 0 Å². The number of nitrogens with two attached hydrogens (primary N) is 1. The predicted octanol–water partition coefficient (Wildman–Crippen LogP) is 1.33. The van der Waals surface area contributed by atoms with Gasteiger partial charge in [-0.3, -0.25) is 0 Å². The lowest BCUT2D eigenvalue weighted by Gasteiger charge is -2.29. The second kappa shape index (κ2) is 4.78. The SMILES string of the molecule is NC(CO)c1c2c(cc3c1OCCC3)OCCC2. The third-order valence-electron chi connectivity index (χ3n) is 3.70. The lowest BCUT2D eigenvalue weighted by molar-refractivity contribution is 0.245. The second-order valence-corrected chi connectivity index (χ2v) is 4.95. The van der Waals surface area contributed by atoms with Gasteiger partial charge in [0.2, 0.25) is 0 Å². The summed E-state index contributed by atoms with van der Waals surface area (Å²) in [5.41, 5.74) is 9.31. The van der Waals surface area contributed by atoms with Crippen LogP contribution in [-0.2, 0) is 12.8 Å².